The summed E-state index contributed by atoms with van der Waals surface area (Å²) in [4.78, 5) is 0. The van der Waals surface area contributed by atoms with Gasteiger partial charge in [-0.1, -0.05) is 0 Å². The molecule has 0 aliphatic rings. The Morgan fingerprint density at radius 3 is 2.17 bits per heavy atom. The molecule has 0 fully saturated rings. The van der Waals surface area contributed by atoms with Crippen LogP contribution < -0.4 is 0 Å². The lowest BCUT2D eigenvalue weighted by atomic mass is 10.9. The first-order chi connectivity index (χ1) is 2.77. The monoisotopic (exact) mass is 230 g/mol. The average molecular weight is 232 g/mol. The maximum atomic E-state index is 5.01. The second kappa shape index (κ2) is 4.61. The quantitative estimate of drug-likeness (QED) is 0.659. The van der Waals surface area contributed by atoms with Crippen LogP contribution in [0.1, 0.15) is 6.92 Å². The standard InChI is InChI=1S/C2H5O.Al.2BrH/c1-2-3;;;/h2H2,1H3;;2*1H/q-1;+3;;/p-2. The summed E-state index contributed by atoms with van der Waals surface area (Å²) in [5.41, 5.74) is 0. The van der Waals surface area contributed by atoms with E-state index >= 15 is 0 Å². The highest BCUT2D eigenvalue weighted by molar-refractivity contribution is 9.48. The summed E-state index contributed by atoms with van der Waals surface area (Å²) in [6.07, 6.45) is 0. The van der Waals surface area contributed by atoms with E-state index in [1.807, 2.05) is 6.92 Å². The van der Waals surface area contributed by atoms with E-state index in [2.05, 4.69) is 28.1 Å². The maximum absolute atomic E-state index is 5.01. The molecular weight excluding hydrogens is 227 g/mol. The van der Waals surface area contributed by atoms with E-state index in [1.165, 1.54) is 0 Å². The highest BCUT2D eigenvalue weighted by Gasteiger charge is 2.07. The van der Waals surface area contributed by atoms with Crippen LogP contribution in [-0.2, 0) is 3.79 Å². The summed E-state index contributed by atoms with van der Waals surface area (Å²) in [6.45, 7) is 2.77. The number of halogens is 2. The molecule has 0 saturated carbocycles. The van der Waals surface area contributed by atoms with E-state index < -0.39 is 10.8 Å². The van der Waals surface area contributed by atoms with Gasteiger partial charge in [-0.2, -0.15) is 28.1 Å². The maximum Gasteiger partial charge on any atom is 0.653 e. The Morgan fingerprint density at radius 1 is 1.67 bits per heavy atom. The average Bonchev–Trinajstić information content (AvgIpc) is 1.35. The second-order valence-corrected chi connectivity index (χ2v) is 10.2. The molecule has 0 aromatic carbocycles. The Morgan fingerprint density at radius 2 is 2.17 bits per heavy atom. The molecule has 4 heteroatoms. The van der Waals surface area contributed by atoms with Crippen molar-refractivity contribution in [3.05, 3.63) is 0 Å². The second-order valence-electron chi connectivity index (χ2n) is 0.716. The van der Waals surface area contributed by atoms with Crippen LogP contribution in [0.15, 0.2) is 0 Å². The van der Waals surface area contributed by atoms with Crippen LogP contribution in [0.2, 0.25) is 0 Å². The van der Waals surface area contributed by atoms with Gasteiger partial charge in [0.25, 0.3) is 0 Å². The van der Waals surface area contributed by atoms with Gasteiger partial charge in [0.15, 0.2) is 0 Å². The van der Waals surface area contributed by atoms with Crippen molar-refractivity contribution in [1.29, 1.82) is 0 Å². The number of hydrogen-bond donors (Lipinski definition) is 0. The van der Waals surface area contributed by atoms with Crippen molar-refractivity contribution >= 4 is 38.9 Å². The molecule has 0 bridgehead atoms. The zero-order valence-corrected chi connectivity index (χ0v) is 7.78. The van der Waals surface area contributed by atoms with Gasteiger partial charge < -0.3 is 3.79 Å². The Labute approximate surface area is 56.1 Å². The van der Waals surface area contributed by atoms with Crippen LogP contribution in [0.3, 0.4) is 0 Å². The molecule has 0 saturated heterocycles. The lowest BCUT2D eigenvalue weighted by molar-refractivity contribution is 0.369. The molecule has 0 unspecified atom stereocenters. The minimum absolute atomic E-state index is 0.799. The molecule has 1 nitrogen and oxygen atoms in total. The van der Waals surface area contributed by atoms with Gasteiger partial charge in [-0.25, -0.2) is 0 Å². The van der Waals surface area contributed by atoms with Gasteiger partial charge in [0.2, 0.25) is 0 Å². The Bertz CT molecular complexity index is 32.7. The molecule has 0 aromatic heterocycles. The van der Waals surface area contributed by atoms with Crippen molar-refractivity contribution in [3.63, 3.8) is 0 Å². The minimum Gasteiger partial charge on any atom is -0.484 e. The molecule has 0 rings (SSSR count). The predicted octanol–water partition coefficient (Wildman–Crippen LogP) is 1.80. The first-order valence-electron chi connectivity index (χ1n) is 1.67. The van der Waals surface area contributed by atoms with Gasteiger partial charge in [-0.3, -0.25) is 0 Å². The van der Waals surface area contributed by atoms with E-state index in [-0.39, 0.29) is 0 Å². The summed E-state index contributed by atoms with van der Waals surface area (Å²) in [5, 5.41) is 0. The van der Waals surface area contributed by atoms with E-state index in [9.17, 15) is 0 Å². The SMILES string of the molecule is CC[O][Al]([Br])[Br]. The van der Waals surface area contributed by atoms with Crippen molar-refractivity contribution in [2.24, 2.45) is 0 Å². The fourth-order valence-corrected chi connectivity index (χ4v) is 1.96. The van der Waals surface area contributed by atoms with Gasteiger partial charge in [-0.15, -0.1) is 0 Å². The molecule has 0 N–H and O–H groups in total. The van der Waals surface area contributed by atoms with Crippen molar-refractivity contribution in [3.8, 4) is 0 Å². The molecule has 0 aliphatic heterocycles. The lowest BCUT2D eigenvalue weighted by Crippen LogP contribution is -1.97. The Kier molecular flexibility index (Phi) is 5.72. The molecular formula is C2H5AlBr2O. The van der Waals surface area contributed by atoms with Crippen LogP contribution in [0.4, 0.5) is 0 Å². The molecule has 0 aromatic rings. The number of hydrogen-bond acceptors (Lipinski definition) is 1. The fourth-order valence-electron chi connectivity index (χ4n) is 0.126. The first-order valence-corrected chi connectivity index (χ1v) is 8.51. The summed E-state index contributed by atoms with van der Waals surface area (Å²) >= 11 is 6.54. The molecule has 0 heterocycles. The third-order valence-corrected chi connectivity index (χ3v) is 2.46. The predicted molar refractivity (Wildman–Crippen MR) is 35.2 cm³/mol. The summed E-state index contributed by atoms with van der Waals surface area (Å²) < 4.78 is 5.01. The third-order valence-electron chi connectivity index (χ3n) is 0.293. The lowest BCUT2D eigenvalue weighted by Gasteiger charge is -1.91. The van der Waals surface area contributed by atoms with Crippen LogP contribution in [0.25, 0.3) is 0 Å². The normalized spacial score (nSPS) is 8.50. The molecule has 0 spiro atoms. The van der Waals surface area contributed by atoms with Crippen LogP contribution in [-0.4, -0.2) is 17.4 Å². The molecule has 0 atom stereocenters. The zero-order valence-electron chi connectivity index (χ0n) is 3.45. The topological polar surface area (TPSA) is 9.23 Å². The summed E-state index contributed by atoms with van der Waals surface area (Å²) in [6, 6.07) is 0. The van der Waals surface area contributed by atoms with E-state index in [4.69, 9.17) is 3.79 Å². The van der Waals surface area contributed by atoms with Gasteiger partial charge >= 0.3 is 10.8 Å². The highest BCUT2D eigenvalue weighted by Crippen LogP contribution is 2.01. The Balaban J connectivity index is 2.63. The Hall–Kier alpha value is 1.45. The van der Waals surface area contributed by atoms with Crippen molar-refractivity contribution < 1.29 is 3.79 Å². The third kappa shape index (κ3) is 5.45. The van der Waals surface area contributed by atoms with E-state index in [0.717, 1.165) is 6.61 Å². The summed E-state index contributed by atoms with van der Waals surface area (Å²) in [5.74, 6) is 0. The molecule has 6 heavy (non-hydrogen) atoms. The van der Waals surface area contributed by atoms with Crippen molar-refractivity contribution in [1.82, 2.24) is 0 Å². The molecule has 0 radical (unpaired) electrons. The molecule has 0 aliphatic carbocycles. The highest BCUT2D eigenvalue weighted by atomic mass is 79.9. The van der Waals surface area contributed by atoms with Crippen LogP contribution >= 0.6 is 28.1 Å². The van der Waals surface area contributed by atoms with Gasteiger partial charge in [0, 0.05) is 6.61 Å². The van der Waals surface area contributed by atoms with Gasteiger partial charge in [0.1, 0.15) is 0 Å². The first kappa shape index (κ1) is 7.45. The van der Waals surface area contributed by atoms with Gasteiger partial charge in [0.05, 0.1) is 0 Å². The van der Waals surface area contributed by atoms with Gasteiger partial charge in [-0.05, 0) is 6.92 Å². The van der Waals surface area contributed by atoms with Crippen LogP contribution in [0.5, 0.6) is 0 Å². The van der Waals surface area contributed by atoms with Crippen LogP contribution in [0, 0.1) is 0 Å². The van der Waals surface area contributed by atoms with E-state index in [1.54, 1.807) is 0 Å². The smallest absolute Gasteiger partial charge is 0.484 e. The largest absolute Gasteiger partial charge is 0.653 e. The van der Waals surface area contributed by atoms with E-state index in [0.29, 0.717) is 0 Å². The fraction of sp³-hybridized carbons (Fsp3) is 1.00. The van der Waals surface area contributed by atoms with Crippen molar-refractivity contribution in [2.45, 2.75) is 6.92 Å². The molecule has 36 valence electrons. The van der Waals surface area contributed by atoms with Crippen molar-refractivity contribution in [2.75, 3.05) is 6.61 Å². The number of rotatable bonds is 2. The minimum atomic E-state index is -1.05. The summed E-state index contributed by atoms with van der Waals surface area (Å²) in [7, 11) is -1.05. The molecule has 0 amide bonds. The zero-order chi connectivity index (χ0) is 4.99.